The summed E-state index contributed by atoms with van der Waals surface area (Å²) in [6.45, 7) is 43.4. The second-order valence-corrected chi connectivity index (χ2v) is 28.3. The summed E-state index contributed by atoms with van der Waals surface area (Å²) in [5.41, 5.74) is 0.551. The van der Waals surface area contributed by atoms with Crippen molar-refractivity contribution in [1.29, 1.82) is 0 Å². The van der Waals surface area contributed by atoms with Crippen molar-refractivity contribution in [3.05, 3.63) is 17.5 Å². The number of ketones is 3. The third kappa shape index (κ3) is 54.7. The van der Waals surface area contributed by atoms with Gasteiger partial charge < -0.3 is 9.69 Å². The molecule has 21 heteroatoms. The van der Waals surface area contributed by atoms with E-state index >= 15 is 0 Å². The van der Waals surface area contributed by atoms with Crippen LogP contribution >= 0.6 is 7.37 Å². The highest BCUT2D eigenvalue weighted by Crippen LogP contribution is 2.41. The first-order chi connectivity index (χ1) is 28.2. The molecule has 0 radical (unpaired) electrons. The van der Waals surface area contributed by atoms with Crippen LogP contribution in [0.5, 0.6) is 0 Å². The number of nitrogens with one attached hydrogen (secondary N) is 1. The number of aromatic amines is 1. The number of tetrazole rings is 3. The summed E-state index contributed by atoms with van der Waals surface area (Å²) in [4.78, 5) is 42.4. The number of rotatable bonds is 10. The SMILES string of the molecule is C.C.CC(=O)CC(C)(C)C.CC(=O)Cn1nnc(CC(C)(C)C)n1.CC(=O)Cn1nnnc1CC(C)(C)C.CC(C)(C)CP(C)(=O)O.CC(C)(C)CS(C)(=O)=O.CC(C)(C)Cc1nn[nH]n1. The molecule has 0 bridgehead atoms. The molecule has 3 rings (SSSR count). The fourth-order valence-electron chi connectivity index (χ4n) is 5.39. The van der Waals surface area contributed by atoms with Gasteiger partial charge in [0.2, 0.25) is 0 Å². The molecule has 1 unspecified atom stereocenters. The fraction of sp³-hybridized carbons (Fsp3) is 0.867. The smallest absolute Gasteiger partial charge is 0.198 e. The quantitative estimate of drug-likeness (QED) is 0.180. The molecule has 0 saturated heterocycles. The maximum Gasteiger partial charge on any atom is 0.198 e. The monoisotopic (exact) mass is 979 g/mol. The summed E-state index contributed by atoms with van der Waals surface area (Å²) in [6, 6.07) is 0. The molecule has 0 aliphatic rings. The van der Waals surface area contributed by atoms with Gasteiger partial charge in [-0.05, 0) is 68.9 Å². The third-order valence-corrected chi connectivity index (χ3v) is 9.46. The molecule has 0 aliphatic heterocycles. The Morgan fingerprint density at radius 2 is 1.08 bits per heavy atom. The summed E-state index contributed by atoms with van der Waals surface area (Å²) in [7, 11) is -5.57. The highest BCUT2D eigenvalue weighted by molar-refractivity contribution is 7.90. The van der Waals surface area contributed by atoms with Crippen molar-refractivity contribution >= 4 is 34.6 Å². The van der Waals surface area contributed by atoms with Crippen LogP contribution in [0.4, 0.5) is 0 Å². The van der Waals surface area contributed by atoms with Crippen molar-refractivity contribution in [3.8, 4) is 0 Å². The van der Waals surface area contributed by atoms with E-state index in [0.29, 0.717) is 18.4 Å². The van der Waals surface area contributed by atoms with Crippen LogP contribution in [0.25, 0.3) is 0 Å². The van der Waals surface area contributed by atoms with Gasteiger partial charge in [0.25, 0.3) is 0 Å². The Hall–Kier alpha value is -3.64. The zero-order valence-electron chi connectivity index (χ0n) is 43.8. The first-order valence-corrected chi connectivity index (χ1v) is 25.7. The Balaban J connectivity index is -0.000000227. The van der Waals surface area contributed by atoms with E-state index in [9.17, 15) is 27.4 Å². The molecule has 3 aromatic rings. The van der Waals surface area contributed by atoms with E-state index in [-0.39, 0.29) is 83.5 Å². The second kappa shape index (κ2) is 30.0. The molecular weight excluding hydrogens is 884 g/mol. The molecule has 0 amide bonds. The molecule has 0 fully saturated rings. The summed E-state index contributed by atoms with van der Waals surface area (Å²) in [6.07, 6.45) is 4.76. The van der Waals surface area contributed by atoms with Crippen LogP contribution in [0.2, 0.25) is 0 Å². The molecule has 2 N–H and O–H groups in total. The molecule has 3 aromatic heterocycles. The minimum atomic E-state index is -2.79. The largest absolute Gasteiger partial charge is 0.344 e. The van der Waals surface area contributed by atoms with Gasteiger partial charge in [-0.1, -0.05) is 145 Å². The molecule has 0 aliphatic carbocycles. The Morgan fingerprint density at radius 1 is 0.621 bits per heavy atom. The number of carbonyl (C=O) groups is 3. The van der Waals surface area contributed by atoms with Crippen molar-refractivity contribution in [2.45, 2.75) is 199 Å². The van der Waals surface area contributed by atoms with Crippen molar-refractivity contribution in [1.82, 2.24) is 61.0 Å². The lowest BCUT2D eigenvalue weighted by Crippen LogP contribution is -2.19. The molecule has 0 aromatic carbocycles. The van der Waals surface area contributed by atoms with Gasteiger partial charge in [-0.15, -0.1) is 25.5 Å². The van der Waals surface area contributed by atoms with Gasteiger partial charge in [-0.2, -0.15) is 10.0 Å². The summed E-state index contributed by atoms with van der Waals surface area (Å²) >= 11 is 0. The Labute approximate surface area is 400 Å². The van der Waals surface area contributed by atoms with E-state index in [1.807, 2.05) is 41.5 Å². The predicted octanol–water partition coefficient (Wildman–Crippen LogP) is 8.78. The normalized spacial score (nSPS) is 12.7. The number of carbonyl (C=O) groups excluding carboxylic acids is 3. The van der Waals surface area contributed by atoms with Crippen molar-refractivity contribution in [3.63, 3.8) is 0 Å². The van der Waals surface area contributed by atoms with Crippen LogP contribution in [-0.2, 0) is 61.1 Å². The standard InChI is InChI=1S/2C9H16N4O.C7H14O.C6H12N4.C6H15O2P.C6H14O2S.2CH4/c1-7(14)6-13-8(10-11-12-13)5-9(2,3)4;1-7(14)6-13-11-8(10-12-13)5-9(2,3)4;1-6(8)5-7(2,3)4;1-6(2,3)4-5-7-9-10-8-5;2*1-6(2,3)5-9(4,7)8;;/h2*5-6H2,1-4H3;5H2,1-4H3;4H2,1-3H3,(H,7,8,9,10);5H2,1-4H3,(H,7,8);5H2,1-4H3;2*1H4. The van der Waals surface area contributed by atoms with E-state index in [4.69, 9.17) is 4.89 Å². The average molecular weight is 979 g/mol. The molecular formula is C45H95N12O7PS. The average Bonchev–Trinajstić information content (AvgIpc) is 3.70. The Bertz CT molecular complexity index is 1950. The van der Waals surface area contributed by atoms with E-state index in [1.165, 1.54) is 31.6 Å². The van der Waals surface area contributed by atoms with Gasteiger partial charge in [-0.25, -0.2) is 13.1 Å². The summed E-state index contributed by atoms with van der Waals surface area (Å²) in [5, 5.41) is 36.6. The summed E-state index contributed by atoms with van der Waals surface area (Å²) < 4.78 is 33.6. The molecule has 0 saturated carbocycles. The van der Waals surface area contributed by atoms with Crippen LogP contribution in [0.15, 0.2) is 0 Å². The predicted molar refractivity (Wildman–Crippen MR) is 268 cm³/mol. The van der Waals surface area contributed by atoms with Crippen LogP contribution in [0.1, 0.15) is 184 Å². The number of Topliss-reactive ketones (excluding diaryl/α,β-unsaturated/α-hetero) is 3. The topological polar surface area (TPSA) is 264 Å². The summed E-state index contributed by atoms with van der Waals surface area (Å²) in [5.74, 6) is 2.88. The third-order valence-electron chi connectivity index (χ3n) is 6.53. The molecule has 66 heavy (non-hydrogen) atoms. The maximum absolute atomic E-state index is 10.9. The number of sulfone groups is 1. The van der Waals surface area contributed by atoms with Crippen LogP contribution in [0, 0.1) is 32.5 Å². The Morgan fingerprint density at radius 3 is 1.35 bits per heavy atom. The zero-order chi connectivity index (χ0) is 51.3. The number of aromatic nitrogens is 12. The maximum atomic E-state index is 10.9. The van der Waals surface area contributed by atoms with E-state index in [2.05, 4.69) is 135 Å². The van der Waals surface area contributed by atoms with Gasteiger partial charge >= 0.3 is 0 Å². The zero-order valence-corrected chi connectivity index (χ0v) is 45.5. The minimum Gasteiger partial charge on any atom is -0.344 e. The van der Waals surface area contributed by atoms with Crippen molar-refractivity contribution < 1.29 is 32.3 Å². The van der Waals surface area contributed by atoms with Gasteiger partial charge in [0.1, 0.15) is 28.7 Å². The van der Waals surface area contributed by atoms with Gasteiger partial charge in [0.15, 0.2) is 36.4 Å². The van der Waals surface area contributed by atoms with Gasteiger partial charge in [0.05, 0.1) is 5.75 Å². The van der Waals surface area contributed by atoms with E-state index in [0.717, 1.165) is 30.9 Å². The molecule has 19 nitrogen and oxygen atoms in total. The van der Waals surface area contributed by atoms with Crippen LogP contribution in [0.3, 0.4) is 0 Å². The fourth-order valence-corrected chi connectivity index (χ4v) is 8.72. The molecule has 1 atom stereocenters. The molecule has 388 valence electrons. The van der Waals surface area contributed by atoms with Crippen LogP contribution in [-0.4, -0.2) is 117 Å². The van der Waals surface area contributed by atoms with Crippen molar-refractivity contribution in [2.75, 3.05) is 24.8 Å². The molecule has 0 spiro atoms. The molecule has 3 heterocycles. The van der Waals surface area contributed by atoms with Crippen LogP contribution < -0.4 is 0 Å². The number of hydrogen-bond acceptors (Lipinski definition) is 15. The lowest BCUT2D eigenvalue weighted by Gasteiger charge is -2.19. The number of nitrogens with zero attached hydrogens (tertiary/aromatic N) is 11. The van der Waals surface area contributed by atoms with Gasteiger partial charge in [0, 0.05) is 44.8 Å². The van der Waals surface area contributed by atoms with E-state index in [1.54, 1.807) is 11.6 Å². The highest BCUT2D eigenvalue weighted by atomic mass is 32.2. The van der Waals surface area contributed by atoms with E-state index < -0.39 is 17.2 Å². The highest BCUT2D eigenvalue weighted by Gasteiger charge is 2.21. The first kappa shape index (κ1) is 71.4. The second-order valence-electron chi connectivity index (χ2n) is 23.8. The lowest BCUT2D eigenvalue weighted by molar-refractivity contribution is -0.119. The lowest BCUT2D eigenvalue weighted by atomic mass is 9.91. The minimum absolute atomic E-state index is 0. The number of hydrogen-bond donors (Lipinski definition) is 2. The van der Waals surface area contributed by atoms with Gasteiger partial charge in [-0.3, -0.25) is 14.2 Å². The van der Waals surface area contributed by atoms with Crippen molar-refractivity contribution in [2.24, 2.45) is 32.5 Å². The number of H-pyrrole nitrogens is 1. The Kier molecular flexibility index (Phi) is 32.4. The first-order valence-electron chi connectivity index (χ1n) is 21.4.